The second-order valence-electron chi connectivity index (χ2n) is 7.13. The summed E-state index contributed by atoms with van der Waals surface area (Å²) in [4.78, 5) is 18.0. The average Bonchev–Trinajstić information content (AvgIpc) is 3.14. The van der Waals surface area contributed by atoms with Crippen LogP contribution in [0.5, 0.6) is 0 Å². The Morgan fingerprint density at radius 3 is 2.46 bits per heavy atom. The van der Waals surface area contributed by atoms with Gasteiger partial charge in [-0.2, -0.15) is 13.2 Å². The van der Waals surface area contributed by atoms with Crippen LogP contribution in [0.15, 0.2) is 18.3 Å². The monoisotopic (exact) mass is 442 g/mol. The van der Waals surface area contributed by atoms with Crippen molar-refractivity contribution in [1.29, 1.82) is 0 Å². The first-order chi connectivity index (χ1) is 12.4. The van der Waals surface area contributed by atoms with Gasteiger partial charge >= 0.3 is 6.18 Å². The van der Waals surface area contributed by atoms with Gasteiger partial charge in [0.1, 0.15) is 5.82 Å². The molecule has 2 aliphatic heterocycles. The van der Waals surface area contributed by atoms with Gasteiger partial charge in [-0.05, 0) is 56.8 Å². The zero-order valence-electron chi connectivity index (χ0n) is 15.5. The summed E-state index contributed by atoms with van der Waals surface area (Å²) in [5, 5.41) is 6.39. The zero-order valence-corrected chi connectivity index (χ0v) is 17.1. The van der Waals surface area contributed by atoms with E-state index < -0.39 is 11.7 Å². The van der Waals surface area contributed by atoms with Crippen LogP contribution in [0.25, 0.3) is 0 Å². The van der Waals surface area contributed by atoms with Crippen LogP contribution in [0.1, 0.15) is 37.7 Å². The Kier molecular flexibility index (Phi) is 9.80. The first kappa shape index (κ1) is 24.8. The van der Waals surface area contributed by atoms with E-state index in [0.717, 1.165) is 51.0 Å². The first-order valence-electron chi connectivity index (χ1n) is 9.20. The van der Waals surface area contributed by atoms with Crippen molar-refractivity contribution in [2.24, 2.45) is 5.92 Å². The molecular formula is C18H27Cl2F3N4O. The van der Waals surface area contributed by atoms with E-state index >= 15 is 0 Å². The fourth-order valence-electron chi connectivity index (χ4n) is 3.59. The van der Waals surface area contributed by atoms with Gasteiger partial charge in [-0.25, -0.2) is 4.98 Å². The van der Waals surface area contributed by atoms with Crippen LogP contribution >= 0.6 is 24.8 Å². The molecule has 1 aromatic heterocycles. The molecule has 3 rings (SSSR count). The van der Waals surface area contributed by atoms with Crippen LogP contribution in [0.2, 0.25) is 0 Å². The quantitative estimate of drug-likeness (QED) is 0.733. The molecule has 1 unspecified atom stereocenters. The lowest BCUT2D eigenvalue weighted by atomic mass is 10.0. The van der Waals surface area contributed by atoms with Gasteiger partial charge in [-0.1, -0.05) is 0 Å². The minimum atomic E-state index is -4.36. The number of hydrogen-bond donors (Lipinski definition) is 2. The number of carbonyl (C=O) groups is 1. The van der Waals surface area contributed by atoms with E-state index in [1.807, 2.05) is 4.90 Å². The molecule has 2 saturated heterocycles. The fourth-order valence-corrected chi connectivity index (χ4v) is 3.59. The van der Waals surface area contributed by atoms with Gasteiger partial charge in [0.2, 0.25) is 5.91 Å². The number of rotatable bonds is 5. The summed E-state index contributed by atoms with van der Waals surface area (Å²) in [6.45, 7) is 3.40. The van der Waals surface area contributed by atoms with E-state index in [1.54, 1.807) is 0 Å². The molecular weight excluding hydrogens is 416 g/mol. The van der Waals surface area contributed by atoms with E-state index in [9.17, 15) is 18.0 Å². The topological polar surface area (TPSA) is 57.3 Å². The van der Waals surface area contributed by atoms with Crippen molar-refractivity contribution in [1.82, 2.24) is 15.6 Å². The number of nitrogens with zero attached hydrogens (tertiary/aromatic N) is 2. The second kappa shape index (κ2) is 11.1. The van der Waals surface area contributed by atoms with Crippen molar-refractivity contribution in [2.45, 2.75) is 44.3 Å². The number of pyridine rings is 1. The standard InChI is InChI=1S/C18H25F3N4O.2ClH/c19-18(20,21)14-2-3-16(23-12-14)25-9-6-15(7-10-25)24-17(26)4-1-13-5-8-22-11-13;;/h2-3,12-13,15,22H,1,4-11H2,(H,24,26);2*1H. The molecule has 0 aliphatic carbocycles. The number of alkyl halides is 3. The zero-order chi connectivity index (χ0) is 18.6. The third-order valence-corrected chi connectivity index (χ3v) is 5.20. The van der Waals surface area contributed by atoms with Crippen molar-refractivity contribution in [3.05, 3.63) is 23.9 Å². The van der Waals surface area contributed by atoms with E-state index in [4.69, 9.17) is 0 Å². The molecule has 0 saturated carbocycles. The lowest BCUT2D eigenvalue weighted by molar-refractivity contribution is -0.137. The largest absolute Gasteiger partial charge is 0.417 e. The molecule has 2 fully saturated rings. The lowest BCUT2D eigenvalue weighted by Crippen LogP contribution is -2.45. The Bertz CT molecular complexity index is 602. The Morgan fingerprint density at radius 2 is 1.93 bits per heavy atom. The number of hydrogen-bond acceptors (Lipinski definition) is 4. The molecule has 0 radical (unpaired) electrons. The average molecular weight is 443 g/mol. The third kappa shape index (κ3) is 6.97. The molecule has 160 valence electrons. The highest BCUT2D eigenvalue weighted by Crippen LogP contribution is 2.29. The molecule has 0 aromatic carbocycles. The van der Waals surface area contributed by atoms with Gasteiger partial charge < -0.3 is 15.5 Å². The van der Waals surface area contributed by atoms with Gasteiger partial charge in [-0.3, -0.25) is 4.79 Å². The molecule has 2 aliphatic rings. The molecule has 2 N–H and O–H groups in total. The molecule has 1 aromatic rings. The Morgan fingerprint density at radius 1 is 1.21 bits per heavy atom. The van der Waals surface area contributed by atoms with Crippen LogP contribution in [0, 0.1) is 5.92 Å². The van der Waals surface area contributed by atoms with E-state index in [2.05, 4.69) is 15.6 Å². The van der Waals surface area contributed by atoms with Gasteiger partial charge in [0.15, 0.2) is 0 Å². The summed E-state index contributed by atoms with van der Waals surface area (Å²) in [5.74, 6) is 1.26. The third-order valence-electron chi connectivity index (χ3n) is 5.20. The van der Waals surface area contributed by atoms with Crippen LogP contribution in [-0.2, 0) is 11.0 Å². The Labute approximate surface area is 175 Å². The predicted octanol–water partition coefficient (Wildman–Crippen LogP) is 3.42. The highest BCUT2D eigenvalue weighted by atomic mass is 35.5. The smallest absolute Gasteiger partial charge is 0.356 e. The van der Waals surface area contributed by atoms with Crippen LogP contribution in [0.4, 0.5) is 19.0 Å². The summed E-state index contributed by atoms with van der Waals surface area (Å²) in [6, 6.07) is 2.61. The number of amides is 1. The minimum Gasteiger partial charge on any atom is -0.356 e. The number of anilines is 1. The van der Waals surface area contributed by atoms with Crippen LogP contribution in [-0.4, -0.2) is 43.1 Å². The van der Waals surface area contributed by atoms with Gasteiger partial charge in [-0.15, -0.1) is 24.8 Å². The number of aromatic nitrogens is 1. The molecule has 28 heavy (non-hydrogen) atoms. The van der Waals surface area contributed by atoms with Crippen molar-refractivity contribution in [3.63, 3.8) is 0 Å². The maximum atomic E-state index is 12.6. The molecule has 5 nitrogen and oxygen atoms in total. The summed E-state index contributed by atoms with van der Waals surface area (Å²) in [7, 11) is 0. The highest BCUT2D eigenvalue weighted by Gasteiger charge is 2.31. The lowest BCUT2D eigenvalue weighted by Gasteiger charge is -2.33. The van der Waals surface area contributed by atoms with Crippen molar-refractivity contribution in [3.8, 4) is 0 Å². The van der Waals surface area contributed by atoms with Gasteiger partial charge in [0, 0.05) is 31.7 Å². The minimum absolute atomic E-state index is 0. The molecule has 1 atom stereocenters. The van der Waals surface area contributed by atoms with Crippen molar-refractivity contribution in [2.75, 3.05) is 31.1 Å². The molecule has 10 heteroatoms. The Balaban J connectivity index is 0.00000196. The summed E-state index contributed by atoms with van der Waals surface area (Å²) in [6.07, 6.45) is 0.698. The maximum Gasteiger partial charge on any atom is 0.417 e. The molecule has 0 spiro atoms. The normalized spacial score (nSPS) is 20.2. The molecule has 0 bridgehead atoms. The SMILES string of the molecule is Cl.Cl.O=C(CCC1CCNC1)NC1CCN(c2ccc(C(F)(F)F)cn2)CC1. The van der Waals surface area contributed by atoms with Gasteiger partial charge in [0.25, 0.3) is 0 Å². The fraction of sp³-hybridized carbons (Fsp3) is 0.667. The summed E-state index contributed by atoms with van der Waals surface area (Å²) >= 11 is 0. The number of nitrogens with one attached hydrogen (secondary N) is 2. The van der Waals surface area contributed by atoms with Crippen LogP contribution in [0.3, 0.4) is 0 Å². The summed E-state index contributed by atoms with van der Waals surface area (Å²) in [5.41, 5.74) is -0.735. The highest BCUT2D eigenvalue weighted by molar-refractivity contribution is 5.85. The second-order valence-corrected chi connectivity index (χ2v) is 7.13. The van der Waals surface area contributed by atoms with Crippen molar-refractivity contribution < 1.29 is 18.0 Å². The van der Waals surface area contributed by atoms with Gasteiger partial charge in [0.05, 0.1) is 5.56 Å². The van der Waals surface area contributed by atoms with Crippen LogP contribution < -0.4 is 15.5 Å². The number of piperidine rings is 1. The van der Waals surface area contributed by atoms with E-state index in [1.165, 1.54) is 6.07 Å². The summed E-state index contributed by atoms with van der Waals surface area (Å²) < 4.78 is 37.8. The maximum absolute atomic E-state index is 12.6. The molecule has 3 heterocycles. The predicted molar refractivity (Wildman–Crippen MR) is 107 cm³/mol. The molecule has 1 amide bonds. The Hall–Kier alpha value is -1.25. The van der Waals surface area contributed by atoms with E-state index in [0.29, 0.717) is 31.2 Å². The number of carbonyl (C=O) groups excluding carboxylic acids is 1. The number of halogens is 5. The first-order valence-corrected chi connectivity index (χ1v) is 9.20. The van der Waals surface area contributed by atoms with E-state index in [-0.39, 0.29) is 36.8 Å². The van der Waals surface area contributed by atoms with Crippen molar-refractivity contribution >= 4 is 36.5 Å².